The van der Waals surface area contributed by atoms with Crippen LogP contribution in [0.4, 0.5) is 0 Å². The van der Waals surface area contributed by atoms with Crippen molar-refractivity contribution in [1.29, 1.82) is 0 Å². The van der Waals surface area contributed by atoms with E-state index < -0.39 is 48.3 Å². The third kappa shape index (κ3) is 9.70. The number of hydrogen-bond donors (Lipinski definition) is 7. The summed E-state index contributed by atoms with van der Waals surface area (Å²) >= 11 is 0. The van der Waals surface area contributed by atoms with Crippen LogP contribution in [0.5, 0.6) is 0 Å². The minimum absolute atomic E-state index is 0.103. The molecule has 1 aromatic carbocycles. The average Bonchev–Trinajstić information content (AvgIpc) is 3.25. The van der Waals surface area contributed by atoms with Gasteiger partial charge < -0.3 is 38.5 Å². The average molecular weight is 489 g/mol. The number of nitrogens with two attached hydrogens (primary N) is 3. The Balaban J connectivity index is 1.98. The van der Waals surface area contributed by atoms with Crippen molar-refractivity contribution in [2.45, 2.75) is 50.2 Å². The number of carbonyl (C=O) groups is 5. The summed E-state index contributed by atoms with van der Waals surface area (Å²) < 4.78 is 0. The van der Waals surface area contributed by atoms with Gasteiger partial charge in [-0.15, -0.1) is 0 Å². The predicted molar refractivity (Wildman–Crippen MR) is 127 cm³/mol. The smallest absolute Gasteiger partial charge is 0.243 e. The summed E-state index contributed by atoms with van der Waals surface area (Å²) in [5.74, 6) is -2.78. The molecular weight excluding hydrogens is 456 g/mol. The van der Waals surface area contributed by atoms with Crippen LogP contribution < -0.4 is 38.5 Å². The number of nitrogens with zero attached hydrogens (tertiary/aromatic N) is 1. The maximum Gasteiger partial charge on any atom is 0.243 e. The van der Waals surface area contributed by atoms with Crippen LogP contribution in [0.2, 0.25) is 0 Å². The van der Waals surface area contributed by atoms with Crippen LogP contribution in [0.3, 0.4) is 0 Å². The molecule has 1 fully saturated rings. The Morgan fingerprint density at radius 2 is 1.77 bits per heavy atom. The first-order chi connectivity index (χ1) is 16.7. The summed E-state index contributed by atoms with van der Waals surface area (Å²) in [6, 6.07) is 6.30. The van der Waals surface area contributed by atoms with Crippen molar-refractivity contribution in [3.05, 3.63) is 35.9 Å². The van der Waals surface area contributed by atoms with Crippen molar-refractivity contribution in [2.24, 2.45) is 22.2 Å². The number of benzene rings is 1. The van der Waals surface area contributed by atoms with Crippen LogP contribution in [0.1, 0.15) is 31.2 Å². The van der Waals surface area contributed by atoms with Gasteiger partial charge in [0.15, 0.2) is 5.96 Å². The molecule has 0 aliphatic carbocycles. The lowest BCUT2D eigenvalue weighted by Crippen LogP contribution is -2.55. The van der Waals surface area contributed by atoms with Crippen LogP contribution in [0.15, 0.2) is 35.3 Å². The third-order valence-corrected chi connectivity index (χ3v) is 5.27. The minimum Gasteiger partial charge on any atom is -0.370 e. The van der Waals surface area contributed by atoms with Crippen molar-refractivity contribution >= 4 is 35.5 Å². The molecule has 0 radical (unpaired) electrons. The number of nitrogens with one attached hydrogen (secondary N) is 4. The van der Waals surface area contributed by atoms with Gasteiger partial charge in [0.05, 0.1) is 6.54 Å². The van der Waals surface area contributed by atoms with Crippen molar-refractivity contribution in [3.63, 3.8) is 0 Å². The molecule has 3 atom stereocenters. The Labute approximate surface area is 202 Å². The van der Waals surface area contributed by atoms with E-state index in [0.29, 0.717) is 12.8 Å². The van der Waals surface area contributed by atoms with Crippen LogP contribution in [-0.4, -0.2) is 66.7 Å². The lowest BCUT2D eigenvalue weighted by atomic mass is 10.0. The quantitative estimate of drug-likeness (QED) is 0.0872. The molecule has 3 unspecified atom stereocenters. The molecule has 2 rings (SSSR count). The SMILES string of the molecule is NC(=O)C(Cc1ccccc1)NC(=O)C(CCCN=C(N)N)NC(=O)CNC(=O)C1CCC(=O)N1. The lowest BCUT2D eigenvalue weighted by molar-refractivity contribution is -0.132. The first kappa shape index (κ1) is 27.1. The second kappa shape index (κ2) is 13.5. The molecular formula is C22H32N8O5. The molecule has 5 amide bonds. The largest absolute Gasteiger partial charge is 0.370 e. The molecule has 0 saturated carbocycles. The number of amides is 5. The van der Waals surface area contributed by atoms with E-state index in [9.17, 15) is 24.0 Å². The third-order valence-electron chi connectivity index (χ3n) is 5.27. The fourth-order valence-corrected chi connectivity index (χ4v) is 3.46. The van der Waals surface area contributed by atoms with Gasteiger partial charge in [-0.1, -0.05) is 30.3 Å². The van der Waals surface area contributed by atoms with Crippen molar-refractivity contribution in [2.75, 3.05) is 13.1 Å². The monoisotopic (exact) mass is 488 g/mol. The highest BCUT2D eigenvalue weighted by Crippen LogP contribution is 2.07. The number of hydrogen-bond acceptors (Lipinski definition) is 6. The molecule has 190 valence electrons. The minimum atomic E-state index is -1.03. The van der Waals surface area contributed by atoms with Gasteiger partial charge in [0, 0.05) is 19.4 Å². The molecule has 1 aliphatic heterocycles. The predicted octanol–water partition coefficient (Wildman–Crippen LogP) is -2.87. The van der Waals surface area contributed by atoms with Gasteiger partial charge in [-0.25, -0.2) is 0 Å². The molecule has 13 heteroatoms. The number of aliphatic imine (C=N–C) groups is 1. The number of primary amides is 1. The van der Waals surface area contributed by atoms with Crippen LogP contribution in [0.25, 0.3) is 0 Å². The first-order valence-corrected chi connectivity index (χ1v) is 11.2. The molecule has 1 aliphatic rings. The fraction of sp³-hybridized carbons (Fsp3) is 0.455. The summed E-state index contributed by atoms with van der Waals surface area (Å²) in [5, 5.41) is 10.1. The van der Waals surface area contributed by atoms with Crippen molar-refractivity contribution in [3.8, 4) is 0 Å². The zero-order valence-corrected chi connectivity index (χ0v) is 19.3. The van der Waals surface area contributed by atoms with Gasteiger partial charge in [0.1, 0.15) is 18.1 Å². The molecule has 35 heavy (non-hydrogen) atoms. The topological polar surface area (TPSA) is 224 Å². The highest BCUT2D eigenvalue weighted by molar-refractivity contribution is 5.95. The maximum absolute atomic E-state index is 12.9. The number of rotatable bonds is 13. The van der Waals surface area contributed by atoms with E-state index in [4.69, 9.17) is 17.2 Å². The maximum atomic E-state index is 12.9. The van der Waals surface area contributed by atoms with E-state index in [1.54, 1.807) is 24.3 Å². The Kier molecular flexibility index (Phi) is 10.5. The molecule has 10 N–H and O–H groups in total. The summed E-state index contributed by atoms with van der Waals surface area (Å²) in [5.41, 5.74) is 16.9. The Morgan fingerprint density at radius 1 is 1.06 bits per heavy atom. The summed E-state index contributed by atoms with van der Waals surface area (Å²) in [6.45, 7) is -0.171. The van der Waals surface area contributed by atoms with Crippen LogP contribution >= 0.6 is 0 Å². The second-order valence-corrected chi connectivity index (χ2v) is 8.10. The van der Waals surface area contributed by atoms with E-state index in [1.165, 1.54) is 0 Å². The number of guanidine groups is 1. The summed E-state index contributed by atoms with van der Waals surface area (Å²) in [6.07, 6.45) is 1.29. The molecule has 0 spiro atoms. The van der Waals surface area contributed by atoms with Gasteiger partial charge in [-0.05, 0) is 24.8 Å². The second-order valence-electron chi connectivity index (χ2n) is 8.10. The standard InChI is InChI=1S/C22H32N8O5/c23-19(33)16(11-13-5-2-1-3-6-13)30-21(35)14(7-4-10-26-22(24)25)29-18(32)12-27-20(34)15-8-9-17(31)28-15/h1-3,5-6,14-16H,4,7-12H2,(H2,23,33)(H,27,34)(H,28,31)(H,29,32)(H,30,35)(H4,24,25,26). The Hall–Kier alpha value is -4.16. The summed E-state index contributed by atoms with van der Waals surface area (Å²) in [7, 11) is 0. The van der Waals surface area contributed by atoms with Gasteiger partial charge in [-0.3, -0.25) is 29.0 Å². The van der Waals surface area contributed by atoms with E-state index in [1.807, 2.05) is 6.07 Å². The van der Waals surface area contributed by atoms with Gasteiger partial charge in [0.25, 0.3) is 0 Å². The first-order valence-electron chi connectivity index (χ1n) is 11.2. The molecule has 13 nitrogen and oxygen atoms in total. The van der Waals surface area contributed by atoms with E-state index in [-0.39, 0.29) is 37.7 Å². The van der Waals surface area contributed by atoms with Gasteiger partial charge in [-0.2, -0.15) is 0 Å². The zero-order valence-electron chi connectivity index (χ0n) is 19.3. The lowest BCUT2D eigenvalue weighted by Gasteiger charge is -2.22. The molecule has 1 saturated heterocycles. The summed E-state index contributed by atoms with van der Waals surface area (Å²) in [4.78, 5) is 64.5. The van der Waals surface area contributed by atoms with E-state index in [2.05, 4.69) is 26.3 Å². The normalized spacial score (nSPS) is 16.3. The Bertz CT molecular complexity index is 948. The van der Waals surface area contributed by atoms with Crippen molar-refractivity contribution in [1.82, 2.24) is 21.3 Å². The van der Waals surface area contributed by atoms with Crippen LogP contribution in [-0.2, 0) is 30.4 Å². The molecule has 0 bridgehead atoms. The highest BCUT2D eigenvalue weighted by Gasteiger charge is 2.28. The van der Waals surface area contributed by atoms with E-state index >= 15 is 0 Å². The van der Waals surface area contributed by atoms with Crippen molar-refractivity contribution < 1.29 is 24.0 Å². The highest BCUT2D eigenvalue weighted by atomic mass is 16.2. The van der Waals surface area contributed by atoms with Gasteiger partial charge in [0.2, 0.25) is 29.5 Å². The molecule has 1 aromatic rings. The van der Waals surface area contributed by atoms with Gasteiger partial charge >= 0.3 is 0 Å². The number of carbonyl (C=O) groups excluding carboxylic acids is 5. The zero-order chi connectivity index (χ0) is 25.8. The molecule has 0 aromatic heterocycles. The fourth-order valence-electron chi connectivity index (χ4n) is 3.46. The van der Waals surface area contributed by atoms with Crippen LogP contribution in [0, 0.1) is 0 Å². The van der Waals surface area contributed by atoms with E-state index in [0.717, 1.165) is 5.56 Å². The molecule has 1 heterocycles. The Morgan fingerprint density at radius 3 is 2.37 bits per heavy atom.